The van der Waals surface area contributed by atoms with Crippen LogP contribution in [0, 0.1) is 0 Å². The van der Waals surface area contributed by atoms with Crippen molar-refractivity contribution in [3.05, 3.63) is 34.4 Å². The molecule has 0 aromatic heterocycles. The Hall–Kier alpha value is -0.630. The van der Waals surface area contributed by atoms with E-state index in [1.165, 1.54) is 11.3 Å². The van der Waals surface area contributed by atoms with E-state index < -0.39 is 0 Å². The molecular weight excluding hydrogens is 178 g/mol. The summed E-state index contributed by atoms with van der Waals surface area (Å²) in [7, 11) is 0. The average molecular weight is 195 g/mol. The van der Waals surface area contributed by atoms with Gasteiger partial charge in [-0.25, -0.2) is 0 Å². The summed E-state index contributed by atoms with van der Waals surface area (Å²) in [5, 5.41) is 3.33. The van der Waals surface area contributed by atoms with Gasteiger partial charge in [0.05, 0.1) is 0 Å². The normalized spacial score (nSPS) is 23.4. The highest BCUT2D eigenvalue weighted by atomic mass is 32.1. The minimum atomic E-state index is 0.410. The minimum absolute atomic E-state index is 0.410. The summed E-state index contributed by atoms with van der Waals surface area (Å²) in [6, 6.07) is 0.410. The molecule has 0 aromatic rings. The molecule has 1 rings (SSSR count). The first-order valence-corrected chi connectivity index (χ1v) is 5.14. The molecule has 1 atom stereocenters. The topological polar surface area (TPSA) is 12.0 Å². The second kappa shape index (κ2) is 4.56. The number of allylic oxidation sites excluding steroid dienone is 4. The lowest BCUT2D eigenvalue weighted by Gasteiger charge is -2.19. The zero-order valence-electron chi connectivity index (χ0n) is 8.46. The predicted molar refractivity (Wildman–Crippen MR) is 61.8 cm³/mol. The summed E-state index contributed by atoms with van der Waals surface area (Å²) in [6.07, 6.45) is 7.50. The van der Waals surface area contributed by atoms with Gasteiger partial charge in [-0.05, 0) is 31.9 Å². The molecule has 0 saturated carbocycles. The van der Waals surface area contributed by atoms with E-state index in [-0.39, 0.29) is 0 Å². The monoisotopic (exact) mass is 195 g/mol. The number of nitrogens with one attached hydrogen (secondary N) is 1. The van der Waals surface area contributed by atoms with Crippen LogP contribution in [0.3, 0.4) is 0 Å². The highest BCUT2D eigenvalue weighted by Gasteiger charge is 2.07. The van der Waals surface area contributed by atoms with Crippen molar-refractivity contribution in [3.8, 4) is 0 Å². The van der Waals surface area contributed by atoms with Gasteiger partial charge in [-0.15, -0.1) is 12.6 Å². The van der Waals surface area contributed by atoms with Crippen LogP contribution in [0.1, 0.15) is 27.2 Å². The Morgan fingerprint density at radius 3 is 2.92 bits per heavy atom. The summed E-state index contributed by atoms with van der Waals surface area (Å²) >= 11 is 4.45. The number of hydrogen-bond donors (Lipinski definition) is 2. The number of thiol groups is 1. The van der Waals surface area contributed by atoms with Gasteiger partial charge in [-0.2, -0.15) is 0 Å². The first-order chi connectivity index (χ1) is 6.13. The summed E-state index contributed by atoms with van der Waals surface area (Å²) in [5.41, 5.74) is 2.44. The second-order valence-electron chi connectivity index (χ2n) is 3.38. The molecule has 0 amide bonds. The second-order valence-corrected chi connectivity index (χ2v) is 3.86. The predicted octanol–water partition coefficient (Wildman–Crippen LogP) is 3.03. The fourth-order valence-corrected chi connectivity index (χ4v) is 1.79. The molecule has 1 aliphatic heterocycles. The van der Waals surface area contributed by atoms with E-state index in [1.807, 2.05) is 0 Å². The van der Waals surface area contributed by atoms with Gasteiger partial charge in [0.25, 0.3) is 0 Å². The first-order valence-electron chi connectivity index (χ1n) is 4.69. The number of hydrogen-bond acceptors (Lipinski definition) is 2. The third-order valence-electron chi connectivity index (χ3n) is 1.95. The van der Waals surface area contributed by atoms with Crippen LogP contribution in [0.15, 0.2) is 34.4 Å². The van der Waals surface area contributed by atoms with Crippen molar-refractivity contribution in [3.63, 3.8) is 0 Å². The molecule has 1 heterocycles. The van der Waals surface area contributed by atoms with Gasteiger partial charge < -0.3 is 5.32 Å². The summed E-state index contributed by atoms with van der Waals surface area (Å²) in [5.74, 6) is 0. The average Bonchev–Trinajstić information content (AvgIpc) is 2.03. The van der Waals surface area contributed by atoms with Gasteiger partial charge in [-0.3, -0.25) is 0 Å². The third kappa shape index (κ3) is 2.96. The lowest BCUT2D eigenvalue weighted by Crippen LogP contribution is -2.25. The van der Waals surface area contributed by atoms with E-state index in [9.17, 15) is 0 Å². The van der Waals surface area contributed by atoms with Gasteiger partial charge in [0.2, 0.25) is 0 Å². The molecular formula is C11H17NS. The lowest BCUT2D eigenvalue weighted by atomic mass is 10.1. The van der Waals surface area contributed by atoms with Crippen LogP contribution in [0.4, 0.5) is 0 Å². The molecule has 1 nitrogen and oxygen atoms in total. The Morgan fingerprint density at radius 2 is 2.38 bits per heavy atom. The van der Waals surface area contributed by atoms with Crippen LogP contribution in [0.25, 0.3) is 0 Å². The highest BCUT2D eigenvalue weighted by molar-refractivity contribution is 7.84. The molecule has 0 fully saturated rings. The molecule has 1 aliphatic rings. The Bertz CT molecular complexity index is 274. The molecule has 0 radical (unpaired) electrons. The van der Waals surface area contributed by atoms with Crippen LogP contribution in [0.5, 0.6) is 0 Å². The van der Waals surface area contributed by atoms with Gasteiger partial charge in [0.15, 0.2) is 0 Å². The molecule has 1 N–H and O–H groups in total. The highest BCUT2D eigenvalue weighted by Crippen LogP contribution is 2.21. The quantitative estimate of drug-likeness (QED) is 0.645. The van der Waals surface area contributed by atoms with Gasteiger partial charge in [-0.1, -0.05) is 19.1 Å². The van der Waals surface area contributed by atoms with E-state index in [1.54, 1.807) is 0 Å². The van der Waals surface area contributed by atoms with E-state index in [0.717, 1.165) is 11.3 Å². The Morgan fingerprint density at radius 1 is 1.69 bits per heavy atom. The van der Waals surface area contributed by atoms with Crippen molar-refractivity contribution < 1.29 is 0 Å². The van der Waals surface area contributed by atoms with E-state index in [0.29, 0.717) is 6.04 Å². The lowest BCUT2D eigenvalue weighted by molar-refractivity contribution is 0.713. The van der Waals surface area contributed by atoms with E-state index >= 15 is 0 Å². The zero-order chi connectivity index (χ0) is 9.84. The molecule has 0 bridgehead atoms. The van der Waals surface area contributed by atoms with Crippen molar-refractivity contribution in [1.29, 1.82) is 0 Å². The molecule has 0 aromatic carbocycles. The maximum absolute atomic E-state index is 4.45. The maximum atomic E-state index is 4.45. The largest absolute Gasteiger partial charge is 0.383 e. The van der Waals surface area contributed by atoms with Crippen molar-refractivity contribution in [2.45, 2.75) is 33.2 Å². The SMILES string of the molecule is CC/C=C(\S)C1=CC(C)NC(C)=C1. The Labute approximate surface area is 86.0 Å². The summed E-state index contributed by atoms with van der Waals surface area (Å²) in [6.45, 7) is 6.35. The molecule has 72 valence electrons. The minimum Gasteiger partial charge on any atom is -0.383 e. The summed E-state index contributed by atoms with van der Waals surface area (Å²) in [4.78, 5) is 1.08. The Balaban J connectivity index is 2.85. The van der Waals surface area contributed by atoms with Gasteiger partial charge in [0, 0.05) is 16.6 Å². The molecule has 13 heavy (non-hydrogen) atoms. The summed E-state index contributed by atoms with van der Waals surface area (Å²) < 4.78 is 0. The van der Waals surface area contributed by atoms with Crippen molar-refractivity contribution in [1.82, 2.24) is 5.32 Å². The van der Waals surface area contributed by atoms with Gasteiger partial charge >= 0.3 is 0 Å². The molecule has 2 heteroatoms. The van der Waals surface area contributed by atoms with Crippen molar-refractivity contribution >= 4 is 12.6 Å². The third-order valence-corrected chi connectivity index (χ3v) is 2.39. The number of dihydropyridines is 1. The zero-order valence-corrected chi connectivity index (χ0v) is 9.36. The van der Waals surface area contributed by atoms with Crippen LogP contribution in [0.2, 0.25) is 0 Å². The van der Waals surface area contributed by atoms with Crippen LogP contribution in [-0.4, -0.2) is 6.04 Å². The standard InChI is InChI=1S/C11H17NS/c1-4-5-11(13)10-6-8(2)12-9(3)7-10/h5-8,12-13H,4H2,1-3H3/b11-5-. The molecule has 0 spiro atoms. The van der Waals surface area contributed by atoms with Crippen LogP contribution < -0.4 is 5.32 Å². The van der Waals surface area contributed by atoms with Crippen LogP contribution in [-0.2, 0) is 0 Å². The Kier molecular flexibility index (Phi) is 3.67. The van der Waals surface area contributed by atoms with E-state index in [2.05, 4.69) is 56.9 Å². The number of rotatable bonds is 2. The van der Waals surface area contributed by atoms with Crippen LogP contribution >= 0.6 is 12.6 Å². The fraction of sp³-hybridized carbons (Fsp3) is 0.455. The van der Waals surface area contributed by atoms with E-state index in [4.69, 9.17) is 0 Å². The molecule has 0 saturated heterocycles. The molecule has 1 unspecified atom stereocenters. The maximum Gasteiger partial charge on any atom is 0.0422 e. The van der Waals surface area contributed by atoms with Crippen molar-refractivity contribution in [2.75, 3.05) is 0 Å². The smallest absolute Gasteiger partial charge is 0.0422 e. The fourth-order valence-electron chi connectivity index (χ4n) is 1.46. The van der Waals surface area contributed by atoms with Crippen molar-refractivity contribution in [2.24, 2.45) is 0 Å². The first kappa shape index (κ1) is 10.5. The van der Waals surface area contributed by atoms with Gasteiger partial charge in [0.1, 0.15) is 0 Å². The molecule has 0 aliphatic carbocycles.